The molecule has 5 rings (SSSR count). The second-order valence-electron chi connectivity index (χ2n) is 8.49. The molecule has 0 radical (unpaired) electrons. The summed E-state index contributed by atoms with van der Waals surface area (Å²) in [6.07, 6.45) is 1.47. The number of hydrogen-bond acceptors (Lipinski definition) is 7. The molecule has 0 saturated carbocycles. The van der Waals surface area contributed by atoms with E-state index in [0.29, 0.717) is 27.1 Å². The van der Waals surface area contributed by atoms with Crippen LogP contribution in [0.15, 0.2) is 98.7 Å². The van der Waals surface area contributed by atoms with Crippen molar-refractivity contribution in [3.8, 4) is 17.1 Å². The summed E-state index contributed by atoms with van der Waals surface area (Å²) in [6, 6.07) is 23.7. The number of benzene rings is 3. The number of para-hydroxylation sites is 1. The van der Waals surface area contributed by atoms with Crippen LogP contribution in [0.1, 0.15) is 11.3 Å². The molecule has 11 heteroatoms. The van der Waals surface area contributed by atoms with Crippen molar-refractivity contribution in [1.29, 1.82) is 0 Å². The van der Waals surface area contributed by atoms with E-state index < -0.39 is 4.92 Å². The summed E-state index contributed by atoms with van der Waals surface area (Å²) in [4.78, 5) is 29.4. The predicted octanol–water partition coefficient (Wildman–Crippen LogP) is 5.09. The van der Waals surface area contributed by atoms with Crippen LogP contribution < -0.4 is 5.56 Å². The maximum absolute atomic E-state index is 13.1. The molecule has 0 aliphatic rings. The summed E-state index contributed by atoms with van der Waals surface area (Å²) in [5.41, 5.74) is 2.70. The number of aromatic nitrogens is 5. The molecule has 3 aromatic carbocycles. The van der Waals surface area contributed by atoms with Gasteiger partial charge in [0.05, 0.1) is 21.2 Å². The van der Waals surface area contributed by atoms with Gasteiger partial charge in [0.15, 0.2) is 16.7 Å². The fourth-order valence-corrected chi connectivity index (χ4v) is 4.90. The van der Waals surface area contributed by atoms with Gasteiger partial charge in [-0.3, -0.25) is 19.6 Å². The van der Waals surface area contributed by atoms with Gasteiger partial charge in [0, 0.05) is 31.9 Å². The van der Waals surface area contributed by atoms with Crippen LogP contribution in [0.2, 0.25) is 0 Å². The molecule has 38 heavy (non-hydrogen) atoms. The SMILES string of the molecule is Cc1c(N=Cc2ccc(Sc3nnc(-c4ccccc4)n3C)c([N+](=O)[O-])c2)c(=O)n(-c2ccccc2)n1C. The molecule has 5 aromatic rings. The molecule has 0 atom stereocenters. The topological polar surface area (TPSA) is 113 Å². The van der Waals surface area contributed by atoms with Crippen LogP contribution in [0.4, 0.5) is 11.4 Å². The fourth-order valence-electron chi connectivity index (χ4n) is 4.03. The van der Waals surface area contributed by atoms with E-state index in [4.69, 9.17) is 0 Å². The highest BCUT2D eigenvalue weighted by Crippen LogP contribution is 2.35. The van der Waals surface area contributed by atoms with Crippen molar-refractivity contribution >= 4 is 29.4 Å². The molecule has 0 N–H and O–H groups in total. The van der Waals surface area contributed by atoms with Crippen LogP contribution in [0, 0.1) is 17.0 Å². The van der Waals surface area contributed by atoms with E-state index >= 15 is 0 Å². The quantitative estimate of drug-likeness (QED) is 0.166. The van der Waals surface area contributed by atoms with Gasteiger partial charge in [-0.05, 0) is 42.4 Å². The molecule has 0 aliphatic heterocycles. The minimum atomic E-state index is -0.440. The molecule has 0 unspecified atom stereocenters. The number of hydrogen-bond donors (Lipinski definition) is 0. The number of nitrogens with zero attached hydrogens (tertiary/aromatic N) is 7. The fraction of sp³-hybridized carbons (Fsp3) is 0.111. The van der Waals surface area contributed by atoms with Crippen LogP contribution in [0.5, 0.6) is 0 Å². The Labute approximate surface area is 222 Å². The van der Waals surface area contributed by atoms with Crippen LogP contribution in [-0.4, -0.2) is 35.3 Å². The Morgan fingerprint density at radius 3 is 2.34 bits per heavy atom. The molecule has 0 bridgehead atoms. The average Bonchev–Trinajstić information content (AvgIpc) is 3.39. The maximum atomic E-state index is 13.1. The highest BCUT2D eigenvalue weighted by Gasteiger charge is 2.20. The number of nitro benzene ring substituents is 1. The first kappa shape index (κ1) is 24.9. The van der Waals surface area contributed by atoms with Crippen molar-refractivity contribution in [3.63, 3.8) is 0 Å². The monoisotopic (exact) mass is 525 g/mol. The lowest BCUT2D eigenvalue weighted by Crippen LogP contribution is -2.19. The van der Waals surface area contributed by atoms with Gasteiger partial charge in [0.25, 0.3) is 11.2 Å². The summed E-state index contributed by atoms with van der Waals surface area (Å²) in [7, 11) is 3.61. The van der Waals surface area contributed by atoms with E-state index in [1.807, 2.05) is 67.7 Å². The minimum Gasteiger partial charge on any atom is -0.305 e. The Kier molecular flexibility index (Phi) is 6.75. The van der Waals surface area contributed by atoms with Crippen molar-refractivity contribution < 1.29 is 4.92 Å². The van der Waals surface area contributed by atoms with Crippen molar-refractivity contribution in [1.82, 2.24) is 24.1 Å². The van der Waals surface area contributed by atoms with Gasteiger partial charge in [-0.1, -0.05) is 54.6 Å². The lowest BCUT2D eigenvalue weighted by atomic mass is 10.2. The zero-order valence-electron chi connectivity index (χ0n) is 20.8. The van der Waals surface area contributed by atoms with Gasteiger partial charge >= 0.3 is 0 Å². The van der Waals surface area contributed by atoms with Crippen molar-refractivity contribution in [2.45, 2.75) is 17.0 Å². The van der Waals surface area contributed by atoms with Crippen LogP contribution in [-0.2, 0) is 14.1 Å². The van der Waals surface area contributed by atoms with Crippen molar-refractivity contribution in [2.24, 2.45) is 19.1 Å². The Bertz CT molecular complexity index is 1720. The van der Waals surface area contributed by atoms with E-state index in [1.54, 1.807) is 35.4 Å². The summed E-state index contributed by atoms with van der Waals surface area (Å²) in [5, 5.41) is 20.9. The second kappa shape index (κ2) is 10.3. The van der Waals surface area contributed by atoms with Gasteiger partial charge in [-0.25, -0.2) is 9.67 Å². The molecule has 0 amide bonds. The molecular formula is C27H23N7O3S. The third-order valence-electron chi connectivity index (χ3n) is 6.11. The van der Waals surface area contributed by atoms with Gasteiger partial charge in [-0.2, -0.15) is 0 Å². The van der Waals surface area contributed by atoms with E-state index in [0.717, 1.165) is 23.0 Å². The molecule has 0 saturated heterocycles. The average molecular weight is 526 g/mol. The smallest absolute Gasteiger partial charge is 0.297 e. The third-order valence-corrected chi connectivity index (χ3v) is 7.22. The van der Waals surface area contributed by atoms with Gasteiger partial charge in [0.1, 0.15) is 0 Å². The zero-order valence-corrected chi connectivity index (χ0v) is 21.7. The van der Waals surface area contributed by atoms with Crippen LogP contribution in [0.25, 0.3) is 17.1 Å². The Morgan fingerprint density at radius 1 is 0.974 bits per heavy atom. The largest absolute Gasteiger partial charge is 0.305 e. The van der Waals surface area contributed by atoms with Gasteiger partial charge < -0.3 is 4.57 Å². The van der Waals surface area contributed by atoms with Crippen molar-refractivity contribution in [3.05, 3.63) is 111 Å². The Morgan fingerprint density at radius 2 is 1.66 bits per heavy atom. The maximum Gasteiger partial charge on any atom is 0.297 e. The van der Waals surface area contributed by atoms with Crippen LogP contribution in [0.3, 0.4) is 0 Å². The molecule has 2 heterocycles. The predicted molar refractivity (Wildman–Crippen MR) is 147 cm³/mol. The summed E-state index contributed by atoms with van der Waals surface area (Å²) >= 11 is 1.16. The van der Waals surface area contributed by atoms with E-state index in [1.165, 1.54) is 17.0 Å². The third kappa shape index (κ3) is 4.66. The highest BCUT2D eigenvalue weighted by molar-refractivity contribution is 7.99. The number of rotatable bonds is 7. The Balaban J connectivity index is 1.44. The summed E-state index contributed by atoms with van der Waals surface area (Å²) in [6.45, 7) is 1.81. The number of aliphatic imine (C=N–C) groups is 1. The first-order chi connectivity index (χ1) is 18.3. The van der Waals surface area contributed by atoms with Crippen LogP contribution >= 0.6 is 11.8 Å². The lowest BCUT2D eigenvalue weighted by Gasteiger charge is -2.07. The van der Waals surface area contributed by atoms with E-state index in [-0.39, 0.29) is 16.9 Å². The molecule has 0 fully saturated rings. The molecule has 190 valence electrons. The van der Waals surface area contributed by atoms with E-state index in [9.17, 15) is 14.9 Å². The summed E-state index contributed by atoms with van der Waals surface area (Å²) < 4.78 is 5.07. The lowest BCUT2D eigenvalue weighted by molar-refractivity contribution is -0.387. The molecule has 2 aromatic heterocycles. The molecular weight excluding hydrogens is 502 g/mol. The minimum absolute atomic E-state index is 0.0882. The molecule has 0 aliphatic carbocycles. The first-order valence-electron chi connectivity index (χ1n) is 11.6. The molecule has 10 nitrogen and oxygen atoms in total. The number of nitro groups is 1. The summed E-state index contributed by atoms with van der Waals surface area (Å²) in [5.74, 6) is 0.666. The molecule has 0 spiro atoms. The van der Waals surface area contributed by atoms with E-state index in [2.05, 4.69) is 15.2 Å². The van der Waals surface area contributed by atoms with Gasteiger partial charge in [-0.15, -0.1) is 10.2 Å². The highest BCUT2D eigenvalue weighted by atomic mass is 32.2. The van der Waals surface area contributed by atoms with Crippen molar-refractivity contribution in [2.75, 3.05) is 0 Å². The normalized spacial score (nSPS) is 11.3. The van der Waals surface area contributed by atoms with Gasteiger partial charge in [0.2, 0.25) is 0 Å². The zero-order chi connectivity index (χ0) is 26.8. The second-order valence-corrected chi connectivity index (χ2v) is 9.49. The standard InChI is InChI=1S/C27H23N7O3S/c1-18-24(26(35)33(32(18)3)21-12-8-5-9-13-21)28-17-19-14-15-23(22(16-19)34(36)37)38-27-30-29-25(31(27)2)20-10-6-4-7-11-20/h4-17H,1-3H3. The first-order valence-corrected chi connectivity index (χ1v) is 12.5. The Hall–Kier alpha value is -4.77.